The van der Waals surface area contributed by atoms with Gasteiger partial charge in [0.05, 0.1) is 11.4 Å². The van der Waals surface area contributed by atoms with Crippen LogP contribution in [0.15, 0.2) is 103 Å². The van der Waals surface area contributed by atoms with Crippen molar-refractivity contribution >= 4 is 56.3 Å². The van der Waals surface area contributed by atoms with Crippen LogP contribution in [0.1, 0.15) is 37.8 Å². The van der Waals surface area contributed by atoms with Crippen LogP contribution in [0, 0.1) is 0 Å². The van der Waals surface area contributed by atoms with Gasteiger partial charge in [0.1, 0.15) is 0 Å². The molecule has 0 atom stereocenters. The molecule has 6 nitrogen and oxygen atoms in total. The van der Waals surface area contributed by atoms with Crippen molar-refractivity contribution < 1.29 is 9.59 Å². The van der Waals surface area contributed by atoms with E-state index in [0.29, 0.717) is 50.6 Å². The van der Waals surface area contributed by atoms with Crippen LogP contribution in [0.4, 0.5) is 11.4 Å². The molecule has 0 spiro atoms. The predicted octanol–water partition coefficient (Wildman–Crippen LogP) is 8.05. The maximum absolute atomic E-state index is 13.2. The third kappa shape index (κ3) is 7.76. The molecule has 238 valence electrons. The Bertz CT molecular complexity index is 1790. The zero-order valence-corrected chi connectivity index (χ0v) is 27.8. The molecule has 0 aliphatic carbocycles. The molecule has 0 aliphatic heterocycles. The quantitative estimate of drug-likeness (QED) is 0.126. The molecule has 0 saturated heterocycles. The topological polar surface area (TPSA) is 55.9 Å². The standard InChI is InChI=1S/C39H43ClN4O2/c1-4-38(45)43(24-23-41-27-29-13-7-6-8-14-29)36-20-12-18-31-30(15-11-19-33(31)36)28-42(3)25-26-44(39(46)5-2)37-22-21-35(40)32-16-9-10-17-34(32)37/h6-22,41H,4-5,23-28H2,1-3H3. The van der Waals surface area contributed by atoms with Gasteiger partial charge in [0.2, 0.25) is 11.8 Å². The number of halogens is 1. The summed E-state index contributed by atoms with van der Waals surface area (Å²) in [6.07, 6.45) is 0.856. The lowest BCUT2D eigenvalue weighted by molar-refractivity contribution is -0.119. The van der Waals surface area contributed by atoms with Crippen LogP contribution in [0.3, 0.4) is 0 Å². The maximum Gasteiger partial charge on any atom is 0.226 e. The van der Waals surface area contributed by atoms with E-state index in [0.717, 1.165) is 39.5 Å². The molecule has 5 rings (SSSR count). The number of benzene rings is 5. The van der Waals surface area contributed by atoms with Crippen LogP contribution in [0.2, 0.25) is 5.02 Å². The SMILES string of the molecule is CCC(=O)N(CCN(C)Cc1cccc2c(N(CCNCc3ccccc3)C(=O)CC)cccc12)c1ccc(Cl)c2ccccc12. The molecule has 0 heterocycles. The van der Waals surface area contributed by atoms with Gasteiger partial charge in [-0.2, -0.15) is 0 Å². The highest BCUT2D eigenvalue weighted by atomic mass is 35.5. The van der Waals surface area contributed by atoms with Crippen molar-refractivity contribution in [2.45, 2.75) is 39.8 Å². The number of anilines is 2. The number of hydrogen-bond donors (Lipinski definition) is 1. The van der Waals surface area contributed by atoms with Crippen molar-refractivity contribution in [3.8, 4) is 0 Å². The van der Waals surface area contributed by atoms with Crippen LogP contribution in [0.5, 0.6) is 0 Å². The second-order valence-corrected chi connectivity index (χ2v) is 12.0. The van der Waals surface area contributed by atoms with Crippen molar-refractivity contribution in [3.63, 3.8) is 0 Å². The summed E-state index contributed by atoms with van der Waals surface area (Å²) in [6.45, 7) is 7.80. The van der Waals surface area contributed by atoms with Crippen LogP contribution in [-0.4, -0.2) is 49.9 Å². The molecule has 2 amide bonds. The predicted molar refractivity (Wildman–Crippen MR) is 193 cm³/mol. The van der Waals surface area contributed by atoms with Gasteiger partial charge < -0.3 is 20.0 Å². The summed E-state index contributed by atoms with van der Waals surface area (Å²) in [7, 11) is 2.09. The molecule has 0 fully saturated rings. The zero-order chi connectivity index (χ0) is 32.5. The van der Waals surface area contributed by atoms with E-state index < -0.39 is 0 Å². The number of likely N-dealkylation sites (N-methyl/N-ethyl adjacent to an activating group) is 1. The number of carbonyl (C=O) groups excluding carboxylic acids is 2. The first kappa shape index (κ1) is 33.1. The van der Waals surface area contributed by atoms with Crippen molar-refractivity contribution in [3.05, 3.63) is 119 Å². The Morgan fingerprint density at radius 3 is 1.96 bits per heavy atom. The number of rotatable bonds is 14. The normalized spacial score (nSPS) is 11.3. The van der Waals surface area contributed by atoms with Gasteiger partial charge in [-0.1, -0.05) is 110 Å². The van der Waals surface area contributed by atoms with E-state index >= 15 is 0 Å². The van der Waals surface area contributed by atoms with Crippen LogP contribution >= 0.6 is 11.6 Å². The number of nitrogens with zero attached hydrogens (tertiary/aromatic N) is 3. The first-order valence-corrected chi connectivity index (χ1v) is 16.5. The van der Waals surface area contributed by atoms with Gasteiger partial charge >= 0.3 is 0 Å². The minimum absolute atomic E-state index is 0.0784. The number of carbonyl (C=O) groups is 2. The molecule has 0 saturated carbocycles. The summed E-state index contributed by atoms with van der Waals surface area (Å²) in [5, 5.41) is 8.28. The molecule has 0 aliphatic rings. The van der Waals surface area contributed by atoms with E-state index in [-0.39, 0.29) is 11.8 Å². The molecule has 46 heavy (non-hydrogen) atoms. The first-order chi connectivity index (χ1) is 22.4. The fourth-order valence-corrected chi connectivity index (χ4v) is 6.24. The van der Waals surface area contributed by atoms with E-state index in [1.54, 1.807) is 0 Å². The Labute approximate surface area is 277 Å². The summed E-state index contributed by atoms with van der Waals surface area (Å²) in [5.74, 6) is 0.182. The average Bonchev–Trinajstić information content (AvgIpc) is 3.09. The van der Waals surface area contributed by atoms with E-state index in [1.165, 1.54) is 11.1 Å². The largest absolute Gasteiger partial charge is 0.311 e. The minimum atomic E-state index is 0.0784. The monoisotopic (exact) mass is 634 g/mol. The Morgan fingerprint density at radius 2 is 1.22 bits per heavy atom. The van der Waals surface area contributed by atoms with Crippen molar-refractivity contribution in [1.82, 2.24) is 10.2 Å². The van der Waals surface area contributed by atoms with E-state index in [1.807, 2.05) is 90.4 Å². The molecule has 5 aromatic carbocycles. The van der Waals surface area contributed by atoms with Crippen molar-refractivity contribution in [1.29, 1.82) is 0 Å². The highest BCUT2D eigenvalue weighted by Gasteiger charge is 2.20. The summed E-state index contributed by atoms with van der Waals surface area (Å²) in [5.41, 5.74) is 4.22. The number of nitrogens with one attached hydrogen (secondary N) is 1. The van der Waals surface area contributed by atoms with Crippen molar-refractivity contribution in [2.24, 2.45) is 0 Å². The van der Waals surface area contributed by atoms with E-state index in [2.05, 4.69) is 53.7 Å². The summed E-state index contributed by atoms with van der Waals surface area (Å²) in [6, 6.07) is 34.6. The van der Waals surface area contributed by atoms with Crippen molar-refractivity contribution in [2.75, 3.05) is 43.0 Å². The zero-order valence-electron chi connectivity index (χ0n) is 27.0. The third-order valence-corrected chi connectivity index (χ3v) is 8.79. The van der Waals surface area contributed by atoms with Gasteiger partial charge in [-0.25, -0.2) is 0 Å². The Balaban J connectivity index is 1.32. The van der Waals surface area contributed by atoms with Gasteiger partial charge in [-0.15, -0.1) is 0 Å². The number of fused-ring (bicyclic) bond motifs is 2. The molecule has 0 aromatic heterocycles. The van der Waals surface area contributed by atoms with Crippen LogP contribution < -0.4 is 15.1 Å². The summed E-state index contributed by atoms with van der Waals surface area (Å²) >= 11 is 6.49. The van der Waals surface area contributed by atoms with Gasteiger partial charge in [0, 0.05) is 73.3 Å². The molecule has 5 aromatic rings. The fourth-order valence-electron chi connectivity index (χ4n) is 6.01. The first-order valence-electron chi connectivity index (χ1n) is 16.1. The van der Waals surface area contributed by atoms with Gasteiger partial charge in [-0.05, 0) is 41.8 Å². The molecular weight excluding hydrogens is 592 g/mol. The molecule has 7 heteroatoms. The van der Waals surface area contributed by atoms with E-state index in [9.17, 15) is 9.59 Å². The van der Waals surface area contributed by atoms with Gasteiger partial charge in [-0.3, -0.25) is 9.59 Å². The highest BCUT2D eigenvalue weighted by Crippen LogP contribution is 2.33. The lowest BCUT2D eigenvalue weighted by Crippen LogP contribution is -2.37. The second-order valence-electron chi connectivity index (χ2n) is 11.6. The van der Waals surface area contributed by atoms with Gasteiger partial charge in [0.25, 0.3) is 0 Å². The van der Waals surface area contributed by atoms with Crippen LogP contribution in [0.25, 0.3) is 21.5 Å². The van der Waals surface area contributed by atoms with E-state index in [4.69, 9.17) is 11.6 Å². The Hall–Kier alpha value is -4.23. The lowest BCUT2D eigenvalue weighted by Gasteiger charge is -2.28. The Kier molecular flexibility index (Phi) is 11.4. The summed E-state index contributed by atoms with van der Waals surface area (Å²) < 4.78 is 0. The minimum Gasteiger partial charge on any atom is -0.311 e. The molecule has 0 unspecified atom stereocenters. The maximum atomic E-state index is 13.2. The summed E-state index contributed by atoms with van der Waals surface area (Å²) in [4.78, 5) is 32.4. The smallest absolute Gasteiger partial charge is 0.226 e. The lowest BCUT2D eigenvalue weighted by atomic mass is 10.0. The number of hydrogen-bond acceptors (Lipinski definition) is 4. The van der Waals surface area contributed by atoms with Gasteiger partial charge in [0.15, 0.2) is 0 Å². The Morgan fingerprint density at radius 1 is 0.630 bits per heavy atom. The molecule has 1 N–H and O–H groups in total. The fraction of sp³-hybridized carbons (Fsp3) is 0.282. The second kappa shape index (κ2) is 15.9. The third-order valence-electron chi connectivity index (χ3n) is 8.46. The van der Waals surface area contributed by atoms with Crippen LogP contribution in [-0.2, 0) is 22.7 Å². The molecular formula is C39H43ClN4O2. The molecule has 0 bridgehead atoms. The number of amides is 2. The average molecular weight is 635 g/mol. The highest BCUT2D eigenvalue weighted by molar-refractivity contribution is 6.36. The molecule has 0 radical (unpaired) electrons.